The van der Waals surface area contributed by atoms with Crippen LogP contribution >= 0.6 is 22.6 Å². The molecule has 0 spiro atoms. The Morgan fingerprint density at radius 1 is 1.00 bits per heavy atom. The molecule has 0 aliphatic carbocycles. The second-order valence-electron chi connectivity index (χ2n) is 4.39. The van der Waals surface area contributed by atoms with Gasteiger partial charge in [-0.05, 0) is 47.2 Å². The van der Waals surface area contributed by atoms with Gasteiger partial charge >= 0.3 is 0 Å². The maximum atomic E-state index is 12.4. The third-order valence-corrected chi connectivity index (χ3v) is 4.11. The molecule has 1 heterocycles. The largest absolute Gasteiger partial charge is 0.455 e. The molecule has 0 atom stereocenters. The van der Waals surface area contributed by atoms with Crippen molar-refractivity contribution in [3.8, 4) is 11.3 Å². The van der Waals surface area contributed by atoms with Gasteiger partial charge in [-0.25, -0.2) is 0 Å². The van der Waals surface area contributed by atoms with Crippen molar-refractivity contribution in [2.45, 2.75) is 6.92 Å². The minimum absolute atomic E-state index is 0.0284. The number of hydrogen-bond donors (Lipinski definition) is 0. The fraction of sp³-hybridized carbons (Fsp3) is 0.0625. The molecule has 0 saturated carbocycles. The van der Waals surface area contributed by atoms with Gasteiger partial charge in [0.25, 0.3) is 0 Å². The molecule has 0 aliphatic rings. The molecule has 0 saturated heterocycles. The van der Waals surface area contributed by atoms with Crippen molar-refractivity contribution in [3.05, 3.63) is 67.9 Å². The first-order chi connectivity index (χ1) is 9.18. The lowest BCUT2D eigenvalue weighted by Crippen LogP contribution is -2.07. The van der Waals surface area contributed by atoms with Crippen molar-refractivity contribution in [2.24, 2.45) is 0 Å². The van der Waals surface area contributed by atoms with Gasteiger partial charge in [-0.2, -0.15) is 0 Å². The predicted octanol–water partition coefficient (Wildman–Crippen LogP) is 4.37. The number of hydrogen-bond acceptors (Lipinski definition) is 2. The highest BCUT2D eigenvalue weighted by molar-refractivity contribution is 14.1. The third-order valence-electron chi connectivity index (χ3n) is 3.13. The molecule has 0 bridgehead atoms. The normalized spacial score (nSPS) is 10.8. The Morgan fingerprint density at radius 2 is 1.68 bits per heavy atom. The number of aryl methyl sites for hydroxylation is 1. The van der Waals surface area contributed by atoms with E-state index in [9.17, 15) is 4.79 Å². The molecule has 3 aromatic rings. The van der Waals surface area contributed by atoms with Gasteiger partial charge in [-0.1, -0.05) is 36.4 Å². The van der Waals surface area contributed by atoms with E-state index < -0.39 is 0 Å². The van der Waals surface area contributed by atoms with Crippen LogP contribution < -0.4 is 5.43 Å². The Morgan fingerprint density at radius 3 is 2.47 bits per heavy atom. The molecule has 3 rings (SSSR count). The summed E-state index contributed by atoms with van der Waals surface area (Å²) in [6.45, 7) is 2.01. The Kier molecular flexibility index (Phi) is 3.14. The summed E-state index contributed by atoms with van der Waals surface area (Å²) < 4.78 is 6.56. The molecule has 2 aromatic carbocycles. The van der Waals surface area contributed by atoms with Gasteiger partial charge in [-0.3, -0.25) is 4.79 Å². The summed E-state index contributed by atoms with van der Waals surface area (Å²) in [7, 11) is 0. The zero-order chi connectivity index (χ0) is 13.4. The molecule has 0 amide bonds. The van der Waals surface area contributed by atoms with Crippen LogP contribution in [-0.2, 0) is 0 Å². The van der Waals surface area contributed by atoms with Crippen molar-refractivity contribution in [3.63, 3.8) is 0 Å². The smallest absolute Gasteiger partial charge is 0.206 e. The maximum absolute atomic E-state index is 12.4. The van der Waals surface area contributed by atoms with Crippen molar-refractivity contribution in [1.82, 2.24) is 0 Å². The van der Waals surface area contributed by atoms with Crippen LogP contribution in [0.3, 0.4) is 0 Å². The minimum atomic E-state index is 0.0284. The standard InChI is InChI=1S/C16H11IO2/c1-10-6-2-3-7-11(10)16-14(17)15(18)12-8-4-5-9-13(12)19-16/h2-9H,1H3. The van der Waals surface area contributed by atoms with Crippen LogP contribution in [-0.4, -0.2) is 0 Å². The topological polar surface area (TPSA) is 30.2 Å². The first-order valence-corrected chi connectivity index (χ1v) is 7.03. The first kappa shape index (κ1) is 12.4. The van der Waals surface area contributed by atoms with Gasteiger partial charge in [0.1, 0.15) is 9.15 Å². The Hall–Kier alpha value is -1.62. The van der Waals surface area contributed by atoms with E-state index in [0.717, 1.165) is 11.1 Å². The van der Waals surface area contributed by atoms with Gasteiger partial charge in [0.15, 0.2) is 5.76 Å². The summed E-state index contributed by atoms with van der Waals surface area (Å²) in [5, 5.41) is 0.629. The van der Waals surface area contributed by atoms with Crippen molar-refractivity contribution < 1.29 is 4.42 Å². The van der Waals surface area contributed by atoms with Crippen LogP contribution in [0.2, 0.25) is 0 Å². The highest BCUT2D eigenvalue weighted by Gasteiger charge is 2.14. The van der Waals surface area contributed by atoms with Gasteiger partial charge in [0.05, 0.1) is 5.39 Å². The maximum Gasteiger partial charge on any atom is 0.206 e. The number of benzene rings is 2. The van der Waals surface area contributed by atoms with E-state index in [-0.39, 0.29) is 5.43 Å². The summed E-state index contributed by atoms with van der Waals surface area (Å²) in [5.41, 5.74) is 2.72. The van der Waals surface area contributed by atoms with Gasteiger partial charge < -0.3 is 4.42 Å². The second-order valence-corrected chi connectivity index (χ2v) is 5.46. The molecule has 1 aromatic heterocycles. The highest BCUT2D eigenvalue weighted by Crippen LogP contribution is 2.28. The average Bonchev–Trinajstić information content (AvgIpc) is 2.44. The van der Waals surface area contributed by atoms with Crippen LogP contribution in [0.1, 0.15) is 5.56 Å². The number of para-hydroxylation sites is 1. The monoisotopic (exact) mass is 362 g/mol. The Labute approximate surface area is 124 Å². The van der Waals surface area contributed by atoms with E-state index in [0.29, 0.717) is 20.3 Å². The van der Waals surface area contributed by atoms with Crippen LogP contribution in [0.5, 0.6) is 0 Å². The zero-order valence-corrected chi connectivity index (χ0v) is 12.5. The Balaban J connectivity index is 2.40. The second kappa shape index (κ2) is 4.81. The fourth-order valence-electron chi connectivity index (χ4n) is 2.12. The summed E-state index contributed by atoms with van der Waals surface area (Å²) in [6, 6.07) is 15.3. The molecule has 19 heavy (non-hydrogen) atoms. The molecular weight excluding hydrogens is 351 g/mol. The lowest BCUT2D eigenvalue weighted by Gasteiger charge is -2.08. The van der Waals surface area contributed by atoms with Gasteiger partial charge in [-0.15, -0.1) is 0 Å². The van der Waals surface area contributed by atoms with Crippen LogP contribution in [0.4, 0.5) is 0 Å². The fourth-order valence-corrected chi connectivity index (χ4v) is 2.81. The van der Waals surface area contributed by atoms with Crippen molar-refractivity contribution in [2.75, 3.05) is 0 Å². The van der Waals surface area contributed by atoms with Crippen molar-refractivity contribution in [1.29, 1.82) is 0 Å². The van der Waals surface area contributed by atoms with Gasteiger partial charge in [0, 0.05) is 5.56 Å². The quantitative estimate of drug-likeness (QED) is 0.602. The van der Waals surface area contributed by atoms with Crippen LogP contribution in [0, 0.1) is 10.5 Å². The summed E-state index contributed by atoms with van der Waals surface area (Å²) in [4.78, 5) is 12.4. The molecule has 0 fully saturated rings. The summed E-state index contributed by atoms with van der Waals surface area (Å²) in [6.07, 6.45) is 0. The molecular formula is C16H11IO2. The van der Waals surface area contributed by atoms with Crippen LogP contribution in [0.15, 0.2) is 57.7 Å². The zero-order valence-electron chi connectivity index (χ0n) is 10.3. The molecule has 0 aliphatic heterocycles. The van der Waals surface area contributed by atoms with E-state index >= 15 is 0 Å². The molecule has 94 valence electrons. The third kappa shape index (κ3) is 2.08. The van der Waals surface area contributed by atoms with E-state index in [4.69, 9.17) is 4.42 Å². The van der Waals surface area contributed by atoms with Crippen molar-refractivity contribution >= 4 is 33.6 Å². The predicted molar refractivity (Wildman–Crippen MR) is 85.4 cm³/mol. The lowest BCUT2D eigenvalue weighted by atomic mass is 10.1. The number of fused-ring (bicyclic) bond motifs is 1. The number of halogens is 1. The highest BCUT2D eigenvalue weighted by atomic mass is 127. The summed E-state index contributed by atoms with van der Waals surface area (Å²) >= 11 is 2.07. The molecule has 0 unspecified atom stereocenters. The Bertz CT molecular complexity index is 818. The summed E-state index contributed by atoms with van der Waals surface area (Å²) in [5.74, 6) is 0.655. The van der Waals surface area contributed by atoms with E-state index in [1.165, 1.54) is 0 Å². The average molecular weight is 362 g/mol. The molecule has 0 radical (unpaired) electrons. The molecule has 0 N–H and O–H groups in total. The SMILES string of the molecule is Cc1ccccc1-c1oc2ccccc2c(=O)c1I. The first-order valence-electron chi connectivity index (χ1n) is 5.96. The molecule has 3 heteroatoms. The van der Waals surface area contributed by atoms with Crippen LogP contribution in [0.25, 0.3) is 22.3 Å². The lowest BCUT2D eigenvalue weighted by molar-refractivity contribution is 0.614. The number of rotatable bonds is 1. The van der Waals surface area contributed by atoms with E-state index in [2.05, 4.69) is 22.6 Å². The van der Waals surface area contributed by atoms with Gasteiger partial charge in [0.2, 0.25) is 5.43 Å². The van der Waals surface area contributed by atoms with E-state index in [1.807, 2.05) is 49.4 Å². The molecule has 2 nitrogen and oxygen atoms in total. The van der Waals surface area contributed by atoms with E-state index in [1.54, 1.807) is 6.07 Å². The minimum Gasteiger partial charge on any atom is -0.455 e.